The first-order valence-corrected chi connectivity index (χ1v) is 7.38. The Morgan fingerprint density at radius 1 is 1.23 bits per heavy atom. The molecule has 22 heavy (non-hydrogen) atoms. The minimum Gasteiger partial charge on any atom is -0.337 e. The van der Waals surface area contributed by atoms with Crippen molar-refractivity contribution in [2.45, 2.75) is 40.7 Å². The van der Waals surface area contributed by atoms with Crippen LogP contribution < -0.4 is 0 Å². The smallest absolute Gasteiger partial charge is 0.246 e. The predicted molar refractivity (Wildman–Crippen MR) is 85.0 cm³/mol. The molecule has 5 nitrogen and oxygen atoms in total. The van der Waals surface area contributed by atoms with Gasteiger partial charge in [0, 0.05) is 19.0 Å². The van der Waals surface area contributed by atoms with Gasteiger partial charge in [-0.1, -0.05) is 55.8 Å². The molecule has 0 aliphatic rings. The van der Waals surface area contributed by atoms with E-state index in [0.29, 0.717) is 24.7 Å². The Morgan fingerprint density at radius 2 is 1.86 bits per heavy atom. The van der Waals surface area contributed by atoms with Crippen LogP contribution in [0.1, 0.15) is 38.6 Å². The normalized spacial score (nSPS) is 11.5. The molecule has 0 aliphatic heterocycles. The summed E-state index contributed by atoms with van der Waals surface area (Å²) in [4.78, 5) is 18.1. The quantitative estimate of drug-likeness (QED) is 0.868. The van der Waals surface area contributed by atoms with E-state index >= 15 is 0 Å². The van der Waals surface area contributed by atoms with Crippen LogP contribution in [0.2, 0.25) is 0 Å². The molecule has 0 N–H and O–H groups in total. The number of carbonyl (C=O) groups excluding carboxylic acids is 1. The zero-order chi connectivity index (χ0) is 16.3. The summed E-state index contributed by atoms with van der Waals surface area (Å²) >= 11 is 0. The van der Waals surface area contributed by atoms with Gasteiger partial charge in [-0.05, 0) is 12.3 Å². The van der Waals surface area contributed by atoms with Crippen LogP contribution in [0.5, 0.6) is 0 Å². The molecule has 0 fully saturated rings. The molecule has 2 aromatic rings. The van der Waals surface area contributed by atoms with E-state index in [9.17, 15) is 4.79 Å². The second kappa shape index (κ2) is 6.30. The third-order valence-corrected chi connectivity index (χ3v) is 3.26. The fourth-order valence-corrected chi connectivity index (χ4v) is 2.02. The fourth-order valence-electron chi connectivity index (χ4n) is 2.02. The molecular weight excluding hydrogens is 278 g/mol. The number of aryl methyl sites for hydroxylation is 1. The van der Waals surface area contributed by atoms with E-state index in [-0.39, 0.29) is 11.3 Å². The Balaban J connectivity index is 2.03. The van der Waals surface area contributed by atoms with Gasteiger partial charge in [-0.25, -0.2) is 0 Å². The van der Waals surface area contributed by atoms with Gasteiger partial charge in [0.1, 0.15) is 0 Å². The van der Waals surface area contributed by atoms with Crippen LogP contribution in [0.4, 0.5) is 0 Å². The number of hydrogen-bond donors (Lipinski definition) is 0. The average molecular weight is 301 g/mol. The van der Waals surface area contributed by atoms with E-state index in [1.165, 1.54) is 5.56 Å². The number of hydrogen-bond acceptors (Lipinski definition) is 4. The Hall–Kier alpha value is -2.17. The van der Waals surface area contributed by atoms with Crippen LogP contribution in [0, 0.1) is 12.3 Å². The van der Waals surface area contributed by atoms with Crippen LogP contribution in [0.15, 0.2) is 28.8 Å². The molecule has 0 spiro atoms. The summed E-state index contributed by atoms with van der Waals surface area (Å²) in [5, 5.41) is 3.98. The number of nitrogens with zero attached hydrogens (tertiary/aromatic N) is 3. The third kappa shape index (κ3) is 4.41. The second-order valence-corrected chi connectivity index (χ2v) is 6.86. The van der Waals surface area contributed by atoms with Gasteiger partial charge in [0.15, 0.2) is 0 Å². The molecule has 5 heteroatoms. The second-order valence-electron chi connectivity index (χ2n) is 6.86. The van der Waals surface area contributed by atoms with Crippen molar-refractivity contribution in [3.63, 3.8) is 0 Å². The monoisotopic (exact) mass is 301 g/mol. The van der Waals surface area contributed by atoms with Crippen molar-refractivity contribution in [2.24, 2.45) is 5.41 Å². The Morgan fingerprint density at radius 3 is 2.45 bits per heavy atom. The Bertz CT molecular complexity index is 639. The number of rotatable bonds is 4. The highest BCUT2D eigenvalue weighted by Gasteiger charge is 2.20. The lowest BCUT2D eigenvalue weighted by Gasteiger charge is -2.22. The Kier molecular flexibility index (Phi) is 4.64. The van der Waals surface area contributed by atoms with Crippen molar-refractivity contribution >= 4 is 5.91 Å². The molecule has 0 saturated carbocycles. The predicted octanol–water partition coefficient (Wildman–Crippen LogP) is 3.44. The number of aromatic nitrogens is 2. The summed E-state index contributed by atoms with van der Waals surface area (Å²) in [7, 11) is 1.75. The van der Waals surface area contributed by atoms with Gasteiger partial charge >= 0.3 is 0 Å². The van der Waals surface area contributed by atoms with E-state index in [2.05, 4.69) is 10.1 Å². The van der Waals surface area contributed by atoms with Gasteiger partial charge in [0.2, 0.25) is 17.6 Å². The van der Waals surface area contributed by atoms with Gasteiger partial charge in [-0.2, -0.15) is 4.98 Å². The van der Waals surface area contributed by atoms with E-state index in [4.69, 9.17) is 4.52 Å². The lowest BCUT2D eigenvalue weighted by atomic mass is 9.92. The van der Waals surface area contributed by atoms with E-state index in [1.807, 2.05) is 52.0 Å². The molecule has 1 heterocycles. The molecule has 0 atom stereocenters. The van der Waals surface area contributed by atoms with Crippen molar-refractivity contribution in [1.82, 2.24) is 15.0 Å². The van der Waals surface area contributed by atoms with Crippen molar-refractivity contribution < 1.29 is 9.32 Å². The molecule has 0 bridgehead atoms. The van der Waals surface area contributed by atoms with Crippen LogP contribution in [0.25, 0.3) is 11.4 Å². The van der Waals surface area contributed by atoms with Crippen LogP contribution in [0.3, 0.4) is 0 Å². The maximum Gasteiger partial charge on any atom is 0.246 e. The summed E-state index contributed by atoms with van der Waals surface area (Å²) in [6.45, 7) is 8.48. The molecule has 2 rings (SSSR count). The van der Waals surface area contributed by atoms with Crippen LogP contribution in [-0.4, -0.2) is 28.0 Å². The molecule has 1 aromatic carbocycles. The minimum absolute atomic E-state index is 0.0345. The topological polar surface area (TPSA) is 59.2 Å². The lowest BCUT2D eigenvalue weighted by molar-refractivity contribution is -0.132. The highest BCUT2D eigenvalue weighted by Crippen LogP contribution is 2.20. The maximum absolute atomic E-state index is 12.1. The molecule has 0 saturated heterocycles. The average Bonchev–Trinajstić information content (AvgIpc) is 2.86. The molecular formula is C17H23N3O2. The van der Waals surface area contributed by atoms with Gasteiger partial charge in [-0.15, -0.1) is 0 Å². The summed E-state index contributed by atoms with van der Waals surface area (Å²) in [6, 6.07) is 7.92. The SMILES string of the molecule is Cc1ccc(-c2noc(CN(C)C(=O)CC(C)(C)C)n2)cc1. The van der Waals surface area contributed by atoms with Gasteiger partial charge in [0.25, 0.3) is 0 Å². The zero-order valence-corrected chi connectivity index (χ0v) is 13.9. The lowest BCUT2D eigenvalue weighted by Crippen LogP contribution is -2.29. The fraction of sp³-hybridized carbons (Fsp3) is 0.471. The van der Waals surface area contributed by atoms with Crippen molar-refractivity contribution in [3.05, 3.63) is 35.7 Å². The minimum atomic E-state index is -0.0345. The van der Waals surface area contributed by atoms with Gasteiger partial charge in [-0.3, -0.25) is 4.79 Å². The standard InChI is InChI=1S/C17H23N3O2/c1-12-6-8-13(9-7-12)16-18-14(22-19-16)11-20(5)15(21)10-17(2,3)4/h6-9H,10-11H2,1-5H3. The maximum atomic E-state index is 12.1. The van der Waals surface area contributed by atoms with Crippen LogP contribution in [-0.2, 0) is 11.3 Å². The summed E-state index contributed by atoms with van der Waals surface area (Å²) < 4.78 is 5.25. The summed E-state index contributed by atoms with van der Waals surface area (Å²) in [6.07, 6.45) is 0.489. The Labute approximate surface area is 131 Å². The molecule has 0 aliphatic carbocycles. The first kappa shape index (κ1) is 16.2. The van der Waals surface area contributed by atoms with Crippen molar-refractivity contribution in [3.8, 4) is 11.4 Å². The highest BCUT2D eigenvalue weighted by atomic mass is 16.5. The summed E-state index contributed by atoms with van der Waals surface area (Å²) in [5.74, 6) is 1.06. The molecule has 118 valence electrons. The first-order chi connectivity index (χ1) is 10.2. The molecule has 1 amide bonds. The third-order valence-electron chi connectivity index (χ3n) is 3.26. The number of amides is 1. The molecule has 0 radical (unpaired) electrons. The largest absolute Gasteiger partial charge is 0.337 e. The van der Waals surface area contributed by atoms with Crippen molar-refractivity contribution in [1.29, 1.82) is 0 Å². The number of carbonyl (C=O) groups is 1. The zero-order valence-electron chi connectivity index (χ0n) is 13.9. The molecule has 1 aromatic heterocycles. The van der Waals surface area contributed by atoms with E-state index in [1.54, 1.807) is 11.9 Å². The van der Waals surface area contributed by atoms with E-state index < -0.39 is 0 Å². The van der Waals surface area contributed by atoms with Gasteiger partial charge in [0.05, 0.1) is 6.54 Å². The highest BCUT2D eigenvalue weighted by molar-refractivity contribution is 5.76. The summed E-state index contributed by atoms with van der Waals surface area (Å²) in [5.41, 5.74) is 2.05. The van der Waals surface area contributed by atoms with Crippen LogP contribution >= 0.6 is 0 Å². The van der Waals surface area contributed by atoms with E-state index in [0.717, 1.165) is 5.56 Å². The number of benzene rings is 1. The molecule has 0 unspecified atom stereocenters. The van der Waals surface area contributed by atoms with Crippen molar-refractivity contribution in [2.75, 3.05) is 7.05 Å². The first-order valence-electron chi connectivity index (χ1n) is 7.38. The van der Waals surface area contributed by atoms with Gasteiger partial charge < -0.3 is 9.42 Å².